The molecule has 2 aliphatic heterocycles. The molecule has 2 aromatic rings. The standard InChI is InChI=1S/C25H23F3N4O2/c1-15-16(2)22(33)20(23-21(15)30-24-19(34-23)4-3-9-29-24)17-5-7-18(8-6-17)32-12-10-31(11-13-32)14-25(26,27)28/h3-9H,10-14H2,1-2H3. The Labute approximate surface area is 194 Å². The van der Waals surface area contributed by atoms with E-state index in [1.165, 1.54) is 4.90 Å². The highest BCUT2D eigenvalue weighted by atomic mass is 19.4. The van der Waals surface area contributed by atoms with Crippen LogP contribution in [-0.4, -0.2) is 53.8 Å². The summed E-state index contributed by atoms with van der Waals surface area (Å²) in [5.74, 6) is 0.419. The second-order valence-corrected chi connectivity index (χ2v) is 8.60. The lowest BCUT2D eigenvalue weighted by Gasteiger charge is -2.36. The molecular weight excluding hydrogens is 445 g/mol. The Morgan fingerprint density at radius 1 is 1.00 bits per heavy atom. The Morgan fingerprint density at radius 2 is 1.71 bits per heavy atom. The molecule has 0 atom stereocenters. The number of nitrogens with zero attached hydrogens (tertiary/aromatic N) is 4. The van der Waals surface area contributed by atoms with Crippen LogP contribution in [0.3, 0.4) is 0 Å². The number of rotatable bonds is 3. The van der Waals surface area contributed by atoms with Crippen LogP contribution < -0.4 is 10.3 Å². The van der Waals surface area contributed by atoms with E-state index in [4.69, 9.17) is 4.42 Å². The fourth-order valence-electron chi connectivity index (χ4n) is 4.44. The van der Waals surface area contributed by atoms with Gasteiger partial charge >= 0.3 is 6.18 Å². The van der Waals surface area contributed by atoms with Gasteiger partial charge in [0.05, 0.1) is 12.1 Å². The van der Waals surface area contributed by atoms with Crippen LogP contribution in [0, 0.1) is 13.8 Å². The van der Waals surface area contributed by atoms with E-state index < -0.39 is 12.7 Å². The van der Waals surface area contributed by atoms with Gasteiger partial charge in [0.2, 0.25) is 0 Å². The number of benzene rings is 2. The normalized spacial score (nSPS) is 15.4. The number of hydrogen-bond acceptors (Lipinski definition) is 6. The van der Waals surface area contributed by atoms with Crippen LogP contribution >= 0.6 is 0 Å². The van der Waals surface area contributed by atoms with E-state index in [2.05, 4.69) is 14.9 Å². The lowest BCUT2D eigenvalue weighted by molar-refractivity contribution is -0.146. The second-order valence-electron chi connectivity index (χ2n) is 8.60. The summed E-state index contributed by atoms with van der Waals surface area (Å²) < 4.78 is 44.1. The van der Waals surface area contributed by atoms with Gasteiger partial charge in [-0.1, -0.05) is 12.1 Å². The molecule has 1 saturated heterocycles. The molecule has 1 aliphatic carbocycles. The first-order valence-corrected chi connectivity index (χ1v) is 11.0. The minimum Gasteiger partial charge on any atom is -0.450 e. The summed E-state index contributed by atoms with van der Waals surface area (Å²) in [4.78, 5) is 25.7. The van der Waals surface area contributed by atoms with Crippen molar-refractivity contribution < 1.29 is 17.6 Å². The van der Waals surface area contributed by atoms with E-state index in [1.807, 2.05) is 31.2 Å². The monoisotopic (exact) mass is 468 g/mol. The number of aromatic nitrogens is 2. The summed E-state index contributed by atoms with van der Waals surface area (Å²) in [6, 6.07) is 11.0. The largest absolute Gasteiger partial charge is 0.450 e. The van der Waals surface area contributed by atoms with Gasteiger partial charge < -0.3 is 9.32 Å². The van der Waals surface area contributed by atoms with E-state index >= 15 is 0 Å². The number of halogens is 3. The summed E-state index contributed by atoms with van der Waals surface area (Å²) in [6.45, 7) is 4.45. The molecule has 1 aromatic heterocycles. The molecule has 6 nitrogen and oxygen atoms in total. The first-order valence-electron chi connectivity index (χ1n) is 11.0. The predicted octanol–water partition coefficient (Wildman–Crippen LogP) is 4.66. The zero-order chi connectivity index (χ0) is 24.0. The maximum atomic E-state index is 13.3. The highest BCUT2D eigenvalue weighted by Crippen LogP contribution is 2.36. The molecule has 3 aliphatic rings. The van der Waals surface area contributed by atoms with Gasteiger partial charge in [-0.05, 0) is 49.2 Å². The summed E-state index contributed by atoms with van der Waals surface area (Å²) in [5, 5.41) is 0. The highest BCUT2D eigenvalue weighted by Gasteiger charge is 2.32. The Morgan fingerprint density at radius 3 is 2.38 bits per heavy atom. The highest BCUT2D eigenvalue weighted by molar-refractivity contribution is 5.85. The van der Waals surface area contributed by atoms with Crippen molar-refractivity contribution >= 4 is 16.9 Å². The minimum atomic E-state index is -4.18. The van der Waals surface area contributed by atoms with Crippen molar-refractivity contribution in [2.45, 2.75) is 20.0 Å². The van der Waals surface area contributed by atoms with Crippen molar-refractivity contribution in [2.24, 2.45) is 0 Å². The van der Waals surface area contributed by atoms with E-state index in [0.29, 0.717) is 65.6 Å². The number of alkyl halides is 3. The van der Waals surface area contributed by atoms with Crippen LogP contribution in [0.1, 0.15) is 11.1 Å². The zero-order valence-corrected chi connectivity index (χ0v) is 18.8. The molecule has 176 valence electrons. The number of piperazine rings is 1. The van der Waals surface area contributed by atoms with Crippen LogP contribution in [0.5, 0.6) is 0 Å². The van der Waals surface area contributed by atoms with Crippen molar-refractivity contribution in [1.29, 1.82) is 0 Å². The molecule has 1 aromatic carbocycles. The van der Waals surface area contributed by atoms with E-state index in [0.717, 1.165) is 11.3 Å². The Kier molecular flexibility index (Phi) is 5.51. The van der Waals surface area contributed by atoms with Crippen molar-refractivity contribution in [3.63, 3.8) is 0 Å². The van der Waals surface area contributed by atoms with Crippen LogP contribution in [-0.2, 0) is 0 Å². The maximum Gasteiger partial charge on any atom is 0.401 e. The summed E-state index contributed by atoms with van der Waals surface area (Å²) >= 11 is 0. The number of fused-ring (bicyclic) bond motifs is 2. The summed E-state index contributed by atoms with van der Waals surface area (Å²) in [7, 11) is 0. The van der Waals surface area contributed by atoms with Crippen molar-refractivity contribution in [3.8, 4) is 22.6 Å². The molecule has 0 spiro atoms. The Hall–Kier alpha value is -3.46. The van der Waals surface area contributed by atoms with Gasteiger partial charge in [0.1, 0.15) is 5.69 Å². The fourth-order valence-corrected chi connectivity index (χ4v) is 4.44. The number of anilines is 1. The van der Waals surface area contributed by atoms with Gasteiger partial charge in [0, 0.05) is 43.6 Å². The average molecular weight is 468 g/mol. The zero-order valence-electron chi connectivity index (χ0n) is 18.8. The lowest BCUT2D eigenvalue weighted by Crippen LogP contribution is -2.49. The molecule has 0 saturated carbocycles. The van der Waals surface area contributed by atoms with Gasteiger partial charge in [-0.25, -0.2) is 9.97 Å². The molecule has 0 N–H and O–H groups in total. The average Bonchev–Trinajstić information content (AvgIpc) is 2.82. The molecule has 0 bridgehead atoms. The van der Waals surface area contributed by atoms with E-state index in [-0.39, 0.29) is 5.43 Å². The molecule has 34 heavy (non-hydrogen) atoms. The lowest BCUT2D eigenvalue weighted by atomic mass is 9.93. The third-order valence-electron chi connectivity index (χ3n) is 6.40. The minimum absolute atomic E-state index is 0.118. The molecule has 1 fully saturated rings. The predicted molar refractivity (Wildman–Crippen MR) is 124 cm³/mol. The first-order chi connectivity index (χ1) is 16.2. The van der Waals surface area contributed by atoms with Crippen molar-refractivity contribution in [1.82, 2.24) is 14.9 Å². The molecule has 9 heteroatoms. The number of pyridine rings is 1. The summed E-state index contributed by atoms with van der Waals surface area (Å²) in [6.07, 6.45) is -2.54. The third-order valence-corrected chi connectivity index (χ3v) is 6.40. The molecule has 3 heterocycles. The van der Waals surface area contributed by atoms with Gasteiger partial charge in [0.15, 0.2) is 22.4 Å². The maximum absolute atomic E-state index is 13.3. The molecule has 0 amide bonds. The third kappa shape index (κ3) is 4.11. The quantitative estimate of drug-likeness (QED) is 0.408. The van der Waals surface area contributed by atoms with E-state index in [9.17, 15) is 18.0 Å². The topological polar surface area (TPSA) is 62.5 Å². The molecular formula is C25H23F3N4O2. The van der Waals surface area contributed by atoms with Crippen LogP contribution in [0.25, 0.3) is 33.8 Å². The van der Waals surface area contributed by atoms with Gasteiger partial charge in [-0.2, -0.15) is 13.2 Å². The van der Waals surface area contributed by atoms with Gasteiger partial charge in [0.25, 0.3) is 0 Å². The Balaban J connectivity index is 1.48. The second kappa shape index (κ2) is 8.39. The van der Waals surface area contributed by atoms with Crippen LogP contribution in [0.15, 0.2) is 51.8 Å². The van der Waals surface area contributed by atoms with Crippen molar-refractivity contribution in [3.05, 3.63) is 63.9 Å². The smallest absolute Gasteiger partial charge is 0.401 e. The Bertz CT molecular complexity index is 1370. The van der Waals surface area contributed by atoms with Crippen LogP contribution in [0.4, 0.5) is 18.9 Å². The SMILES string of the molecule is Cc1c2nc3ncccc3oc-2c(-c2ccc(N3CCN(CC(F)(F)F)CC3)cc2)c(=O)c1C. The molecule has 0 radical (unpaired) electrons. The first kappa shape index (κ1) is 22.3. The molecule has 0 unspecified atom stereocenters. The fraction of sp³-hybridized carbons (Fsp3) is 0.320. The van der Waals surface area contributed by atoms with Crippen LogP contribution in [0.2, 0.25) is 0 Å². The van der Waals surface area contributed by atoms with Gasteiger partial charge in [-0.15, -0.1) is 0 Å². The van der Waals surface area contributed by atoms with E-state index in [1.54, 1.807) is 25.3 Å². The van der Waals surface area contributed by atoms with Crippen molar-refractivity contribution in [2.75, 3.05) is 37.6 Å². The summed E-state index contributed by atoms with van der Waals surface area (Å²) in [5.41, 5.74) is 4.86. The molecule has 5 rings (SSSR count). The number of hydrogen-bond donors (Lipinski definition) is 0. The van der Waals surface area contributed by atoms with Gasteiger partial charge in [-0.3, -0.25) is 9.69 Å².